The molecule has 1 atom stereocenters. The van der Waals surface area contributed by atoms with Crippen LogP contribution < -0.4 is 0 Å². The summed E-state index contributed by atoms with van der Waals surface area (Å²) in [6.45, 7) is 3.02. The summed E-state index contributed by atoms with van der Waals surface area (Å²) < 4.78 is 37.4. The standard InChI is InChI=1S/C5H9F3O/c1-3-4(2)9-5(6,7)8/h4H,3H2,1-2H3/t4-/m0/s1. The highest BCUT2D eigenvalue weighted by Gasteiger charge is 2.30. The van der Waals surface area contributed by atoms with Crippen LogP contribution in [-0.4, -0.2) is 12.5 Å². The van der Waals surface area contributed by atoms with Gasteiger partial charge in [0.05, 0.1) is 6.10 Å². The van der Waals surface area contributed by atoms with Crippen LogP contribution in [-0.2, 0) is 4.74 Å². The van der Waals surface area contributed by atoms with Crippen molar-refractivity contribution < 1.29 is 17.9 Å². The molecule has 0 aromatic heterocycles. The van der Waals surface area contributed by atoms with Crippen LogP contribution in [0, 0.1) is 0 Å². The minimum atomic E-state index is -4.48. The van der Waals surface area contributed by atoms with Crippen LogP contribution in [0.2, 0.25) is 0 Å². The van der Waals surface area contributed by atoms with Gasteiger partial charge in [-0.1, -0.05) is 6.92 Å². The van der Waals surface area contributed by atoms with Gasteiger partial charge in [0.1, 0.15) is 0 Å². The topological polar surface area (TPSA) is 9.23 Å². The molecule has 0 radical (unpaired) electrons. The lowest BCUT2D eigenvalue weighted by Gasteiger charge is -2.11. The van der Waals surface area contributed by atoms with Crippen molar-refractivity contribution in [3.05, 3.63) is 0 Å². The van der Waals surface area contributed by atoms with Crippen molar-refractivity contribution in [2.24, 2.45) is 0 Å². The Morgan fingerprint density at radius 3 is 2.00 bits per heavy atom. The first-order chi connectivity index (χ1) is 3.95. The molecule has 0 amide bonds. The van der Waals surface area contributed by atoms with Gasteiger partial charge in [0.25, 0.3) is 0 Å². The fourth-order valence-corrected chi connectivity index (χ4v) is 0.311. The molecule has 0 aliphatic heterocycles. The van der Waals surface area contributed by atoms with Gasteiger partial charge in [0.15, 0.2) is 0 Å². The highest BCUT2D eigenvalue weighted by atomic mass is 19.4. The molecule has 0 rings (SSSR count). The van der Waals surface area contributed by atoms with Crippen LogP contribution in [0.5, 0.6) is 0 Å². The SMILES string of the molecule is CC[C@H](C)OC(F)(F)F. The Kier molecular flexibility index (Phi) is 2.97. The molecular formula is C5H9F3O. The van der Waals surface area contributed by atoms with E-state index < -0.39 is 12.5 Å². The summed E-state index contributed by atoms with van der Waals surface area (Å²) in [6.07, 6.45) is -4.83. The van der Waals surface area contributed by atoms with Crippen molar-refractivity contribution in [2.75, 3.05) is 0 Å². The molecule has 0 saturated carbocycles. The molecule has 0 aromatic carbocycles. The average molecular weight is 142 g/mol. The highest BCUT2D eigenvalue weighted by molar-refractivity contribution is 4.44. The fraction of sp³-hybridized carbons (Fsp3) is 1.00. The van der Waals surface area contributed by atoms with Crippen molar-refractivity contribution in [3.8, 4) is 0 Å². The molecule has 0 spiro atoms. The fourth-order valence-electron chi connectivity index (χ4n) is 0.311. The van der Waals surface area contributed by atoms with Gasteiger partial charge in [-0.15, -0.1) is 13.2 Å². The third kappa shape index (κ3) is 5.62. The van der Waals surface area contributed by atoms with Gasteiger partial charge in [0.2, 0.25) is 0 Å². The van der Waals surface area contributed by atoms with Crippen LogP contribution in [0.4, 0.5) is 13.2 Å². The summed E-state index contributed by atoms with van der Waals surface area (Å²) in [7, 11) is 0. The molecular weight excluding hydrogens is 133 g/mol. The van der Waals surface area contributed by atoms with Gasteiger partial charge in [-0.25, -0.2) is 0 Å². The zero-order chi connectivity index (χ0) is 7.49. The quantitative estimate of drug-likeness (QED) is 0.574. The maximum Gasteiger partial charge on any atom is 0.522 e. The van der Waals surface area contributed by atoms with E-state index in [1.54, 1.807) is 6.92 Å². The summed E-state index contributed by atoms with van der Waals surface area (Å²) in [5.74, 6) is 0. The van der Waals surface area contributed by atoms with Crippen LogP contribution in [0.15, 0.2) is 0 Å². The lowest BCUT2D eigenvalue weighted by atomic mass is 10.3. The van der Waals surface area contributed by atoms with Crippen LogP contribution in [0.1, 0.15) is 20.3 Å². The summed E-state index contributed by atoms with van der Waals surface area (Å²) in [4.78, 5) is 0. The van der Waals surface area contributed by atoms with E-state index in [0.717, 1.165) is 0 Å². The Bertz CT molecular complexity index is 78.8. The van der Waals surface area contributed by atoms with Crippen LogP contribution >= 0.6 is 0 Å². The van der Waals surface area contributed by atoms with E-state index in [1.807, 2.05) is 0 Å². The third-order valence-corrected chi connectivity index (χ3v) is 0.910. The molecule has 0 aliphatic carbocycles. The first-order valence-corrected chi connectivity index (χ1v) is 2.70. The third-order valence-electron chi connectivity index (χ3n) is 0.910. The van der Waals surface area contributed by atoms with Crippen molar-refractivity contribution in [1.29, 1.82) is 0 Å². The maximum absolute atomic E-state index is 11.3. The molecule has 4 heteroatoms. The van der Waals surface area contributed by atoms with Crippen molar-refractivity contribution in [3.63, 3.8) is 0 Å². The molecule has 0 aromatic rings. The number of rotatable bonds is 2. The molecule has 0 N–H and O–H groups in total. The zero-order valence-corrected chi connectivity index (χ0v) is 5.33. The number of alkyl halides is 3. The average Bonchev–Trinajstić information content (AvgIpc) is 1.62. The van der Waals surface area contributed by atoms with Crippen molar-refractivity contribution in [2.45, 2.75) is 32.7 Å². The van der Waals surface area contributed by atoms with Gasteiger partial charge in [0, 0.05) is 0 Å². The van der Waals surface area contributed by atoms with E-state index >= 15 is 0 Å². The minimum Gasteiger partial charge on any atom is -0.289 e. The first-order valence-electron chi connectivity index (χ1n) is 2.70. The Hall–Kier alpha value is -0.250. The number of hydrogen-bond donors (Lipinski definition) is 0. The van der Waals surface area contributed by atoms with E-state index in [4.69, 9.17) is 0 Å². The molecule has 0 fully saturated rings. The lowest BCUT2D eigenvalue weighted by molar-refractivity contribution is -0.340. The Labute approximate surface area is 51.8 Å². The normalized spacial score (nSPS) is 15.7. The monoisotopic (exact) mass is 142 g/mol. The molecule has 0 heterocycles. The summed E-state index contributed by atoms with van der Waals surface area (Å²) >= 11 is 0. The van der Waals surface area contributed by atoms with Gasteiger partial charge in [-0.05, 0) is 13.3 Å². The van der Waals surface area contributed by atoms with Gasteiger partial charge in [-0.2, -0.15) is 0 Å². The maximum atomic E-state index is 11.3. The summed E-state index contributed by atoms with van der Waals surface area (Å²) in [6, 6.07) is 0. The number of hydrogen-bond acceptors (Lipinski definition) is 1. The van der Waals surface area contributed by atoms with Crippen LogP contribution in [0.3, 0.4) is 0 Å². The molecule has 0 saturated heterocycles. The Balaban J connectivity index is 3.47. The number of halogens is 3. The van der Waals surface area contributed by atoms with E-state index in [2.05, 4.69) is 4.74 Å². The summed E-state index contributed by atoms with van der Waals surface area (Å²) in [5, 5.41) is 0. The van der Waals surface area contributed by atoms with E-state index in [0.29, 0.717) is 6.42 Å². The van der Waals surface area contributed by atoms with Gasteiger partial charge >= 0.3 is 6.36 Å². The van der Waals surface area contributed by atoms with Gasteiger partial charge < -0.3 is 0 Å². The predicted octanol–water partition coefficient (Wildman–Crippen LogP) is 2.32. The molecule has 0 unspecified atom stereocenters. The highest BCUT2D eigenvalue weighted by Crippen LogP contribution is 2.19. The Morgan fingerprint density at radius 2 is 1.89 bits per heavy atom. The molecule has 56 valence electrons. The second-order valence-electron chi connectivity index (χ2n) is 1.78. The second-order valence-corrected chi connectivity index (χ2v) is 1.78. The molecule has 9 heavy (non-hydrogen) atoms. The van der Waals surface area contributed by atoms with Crippen molar-refractivity contribution >= 4 is 0 Å². The molecule has 1 nitrogen and oxygen atoms in total. The lowest BCUT2D eigenvalue weighted by Crippen LogP contribution is -2.20. The Morgan fingerprint density at radius 1 is 1.44 bits per heavy atom. The minimum absolute atomic E-state index is 0.375. The summed E-state index contributed by atoms with van der Waals surface area (Å²) in [5.41, 5.74) is 0. The zero-order valence-electron chi connectivity index (χ0n) is 5.33. The molecule has 0 bridgehead atoms. The van der Waals surface area contributed by atoms with Crippen molar-refractivity contribution in [1.82, 2.24) is 0 Å². The van der Waals surface area contributed by atoms with E-state index in [1.165, 1.54) is 6.92 Å². The second kappa shape index (κ2) is 3.06. The smallest absolute Gasteiger partial charge is 0.289 e. The first kappa shape index (κ1) is 8.75. The van der Waals surface area contributed by atoms with Crippen LogP contribution in [0.25, 0.3) is 0 Å². The van der Waals surface area contributed by atoms with E-state index in [9.17, 15) is 13.2 Å². The van der Waals surface area contributed by atoms with Gasteiger partial charge in [-0.3, -0.25) is 4.74 Å². The number of ether oxygens (including phenoxy) is 1. The molecule has 0 aliphatic rings. The predicted molar refractivity (Wildman–Crippen MR) is 26.9 cm³/mol. The largest absolute Gasteiger partial charge is 0.522 e. The van der Waals surface area contributed by atoms with E-state index in [-0.39, 0.29) is 0 Å².